The first-order chi connectivity index (χ1) is 14.1. The standard InChI is InChI=1S/C21H21N3O4S/c1-3-10-23-16-7-4-5-8-17(16)24(21(23)26)12-19(25)27-13-15-14(2)28-20(22-15)18-9-6-11-29-18/h4-9,11H,3,10,12-13H2,1-2H3. The van der Waals surface area contributed by atoms with Gasteiger partial charge in [0.1, 0.15) is 24.6 Å². The number of esters is 1. The maximum atomic E-state index is 12.8. The molecule has 0 N–H and O–H groups in total. The molecule has 0 radical (unpaired) electrons. The molecule has 8 heteroatoms. The molecule has 1 aromatic carbocycles. The number of rotatable bonds is 7. The molecule has 0 atom stereocenters. The lowest BCUT2D eigenvalue weighted by molar-refractivity contribution is -0.145. The Labute approximate surface area is 171 Å². The lowest BCUT2D eigenvalue weighted by atomic mass is 10.3. The van der Waals surface area contributed by atoms with Gasteiger partial charge in [0.2, 0.25) is 5.89 Å². The van der Waals surface area contributed by atoms with Gasteiger partial charge in [0.25, 0.3) is 0 Å². The number of oxazole rings is 1. The van der Waals surface area contributed by atoms with Crippen molar-refractivity contribution < 1.29 is 13.9 Å². The molecule has 0 spiro atoms. The SMILES string of the molecule is CCCn1c(=O)n(CC(=O)OCc2nc(-c3cccs3)oc2C)c2ccccc21. The monoisotopic (exact) mass is 411 g/mol. The molecular weight excluding hydrogens is 390 g/mol. The number of carbonyl (C=O) groups is 1. The molecule has 3 aromatic heterocycles. The molecule has 0 aliphatic carbocycles. The number of thiophene rings is 1. The minimum Gasteiger partial charge on any atom is -0.458 e. The van der Waals surface area contributed by atoms with E-state index in [0.29, 0.717) is 23.9 Å². The number of imidazole rings is 1. The van der Waals surface area contributed by atoms with E-state index >= 15 is 0 Å². The van der Waals surface area contributed by atoms with Gasteiger partial charge in [-0.05, 0) is 36.9 Å². The van der Waals surface area contributed by atoms with Crippen molar-refractivity contribution in [3.05, 3.63) is 63.7 Å². The van der Waals surface area contributed by atoms with Crippen LogP contribution in [0.15, 0.2) is 51.0 Å². The van der Waals surface area contributed by atoms with Crippen LogP contribution >= 0.6 is 11.3 Å². The van der Waals surface area contributed by atoms with Gasteiger partial charge in [0.05, 0.1) is 15.9 Å². The van der Waals surface area contributed by atoms with E-state index in [9.17, 15) is 9.59 Å². The van der Waals surface area contributed by atoms with Gasteiger partial charge >= 0.3 is 11.7 Å². The van der Waals surface area contributed by atoms with E-state index in [1.165, 1.54) is 15.9 Å². The molecule has 3 heterocycles. The van der Waals surface area contributed by atoms with Crippen LogP contribution in [0.4, 0.5) is 0 Å². The third-order valence-corrected chi connectivity index (χ3v) is 5.51. The van der Waals surface area contributed by atoms with E-state index < -0.39 is 5.97 Å². The minimum atomic E-state index is -0.494. The normalized spacial score (nSPS) is 11.2. The Morgan fingerprint density at radius 3 is 2.62 bits per heavy atom. The predicted octanol–water partition coefficient (Wildman–Crippen LogP) is 3.98. The predicted molar refractivity (Wildman–Crippen MR) is 111 cm³/mol. The zero-order valence-electron chi connectivity index (χ0n) is 16.3. The maximum absolute atomic E-state index is 12.8. The van der Waals surface area contributed by atoms with E-state index in [1.807, 2.05) is 48.7 Å². The number of aryl methyl sites for hydroxylation is 2. The van der Waals surface area contributed by atoms with E-state index in [0.717, 1.165) is 22.3 Å². The van der Waals surface area contributed by atoms with Crippen LogP contribution in [0.1, 0.15) is 24.8 Å². The zero-order valence-corrected chi connectivity index (χ0v) is 17.1. The third-order valence-electron chi connectivity index (χ3n) is 4.65. The molecular formula is C21H21N3O4S. The molecule has 0 fully saturated rings. The van der Waals surface area contributed by atoms with Crippen LogP contribution in [0.25, 0.3) is 21.8 Å². The topological polar surface area (TPSA) is 79.3 Å². The van der Waals surface area contributed by atoms with E-state index in [1.54, 1.807) is 11.5 Å². The van der Waals surface area contributed by atoms with Crippen molar-refractivity contribution in [3.63, 3.8) is 0 Å². The quantitative estimate of drug-likeness (QED) is 0.430. The van der Waals surface area contributed by atoms with E-state index in [4.69, 9.17) is 9.15 Å². The lowest BCUT2D eigenvalue weighted by Gasteiger charge is -2.04. The van der Waals surface area contributed by atoms with E-state index in [2.05, 4.69) is 4.98 Å². The number of nitrogens with zero attached hydrogens (tertiary/aromatic N) is 3. The Morgan fingerprint density at radius 2 is 1.93 bits per heavy atom. The fourth-order valence-corrected chi connectivity index (χ4v) is 3.91. The number of aromatic nitrogens is 3. The molecule has 0 saturated carbocycles. The highest BCUT2D eigenvalue weighted by atomic mass is 32.1. The second kappa shape index (κ2) is 8.08. The van der Waals surface area contributed by atoms with Crippen LogP contribution in [0.3, 0.4) is 0 Å². The van der Waals surface area contributed by atoms with Gasteiger partial charge in [0, 0.05) is 6.54 Å². The molecule has 4 aromatic rings. The first-order valence-corrected chi connectivity index (χ1v) is 10.3. The summed E-state index contributed by atoms with van der Waals surface area (Å²) >= 11 is 1.53. The highest BCUT2D eigenvalue weighted by molar-refractivity contribution is 7.13. The average molecular weight is 411 g/mol. The van der Waals surface area contributed by atoms with Gasteiger partial charge in [-0.1, -0.05) is 25.1 Å². The molecule has 4 rings (SSSR count). The number of benzene rings is 1. The number of fused-ring (bicyclic) bond motifs is 1. The maximum Gasteiger partial charge on any atom is 0.329 e. The summed E-state index contributed by atoms with van der Waals surface area (Å²) in [5.74, 6) is 0.631. The van der Waals surface area contributed by atoms with Crippen molar-refractivity contribution >= 4 is 28.3 Å². The Hall–Kier alpha value is -3.13. The summed E-state index contributed by atoms with van der Waals surface area (Å²) in [6.45, 7) is 4.26. The van der Waals surface area contributed by atoms with Gasteiger partial charge < -0.3 is 9.15 Å². The summed E-state index contributed by atoms with van der Waals surface area (Å²) in [6.07, 6.45) is 0.830. The summed E-state index contributed by atoms with van der Waals surface area (Å²) in [4.78, 5) is 30.6. The Morgan fingerprint density at radius 1 is 1.17 bits per heavy atom. The highest BCUT2D eigenvalue weighted by Crippen LogP contribution is 2.26. The van der Waals surface area contributed by atoms with Crippen molar-refractivity contribution in [1.82, 2.24) is 14.1 Å². The molecule has 0 aliphatic heterocycles. The number of hydrogen-bond donors (Lipinski definition) is 0. The van der Waals surface area contributed by atoms with Crippen LogP contribution in [0.2, 0.25) is 0 Å². The van der Waals surface area contributed by atoms with Crippen LogP contribution in [-0.4, -0.2) is 20.1 Å². The third kappa shape index (κ3) is 3.75. The van der Waals surface area contributed by atoms with Crippen LogP contribution in [0.5, 0.6) is 0 Å². The largest absolute Gasteiger partial charge is 0.458 e. The first-order valence-electron chi connectivity index (χ1n) is 9.42. The molecule has 29 heavy (non-hydrogen) atoms. The highest BCUT2D eigenvalue weighted by Gasteiger charge is 2.17. The smallest absolute Gasteiger partial charge is 0.329 e. The number of hydrogen-bond acceptors (Lipinski definition) is 6. The molecule has 0 amide bonds. The van der Waals surface area contributed by atoms with E-state index in [-0.39, 0.29) is 18.8 Å². The molecule has 0 unspecified atom stereocenters. The average Bonchev–Trinajstić information content (AvgIpc) is 3.43. The van der Waals surface area contributed by atoms with Crippen molar-refractivity contribution in [2.45, 2.75) is 40.0 Å². The van der Waals surface area contributed by atoms with Gasteiger partial charge in [-0.15, -0.1) is 11.3 Å². The van der Waals surface area contributed by atoms with Crippen LogP contribution in [0, 0.1) is 6.92 Å². The van der Waals surface area contributed by atoms with Gasteiger partial charge in [-0.2, -0.15) is 0 Å². The second-order valence-electron chi connectivity index (χ2n) is 6.67. The summed E-state index contributed by atoms with van der Waals surface area (Å²) in [5.41, 5.74) is 1.91. The molecule has 7 nitrogen and oxygen atoms in total. The number of para-hydroxylation sites is 2. The second-order valence-corrected chi connectivity index (χ2v) is 7.62. The van der Waals surface area contributed by atoms with Crippen molar-refractivity contribution in [2.24, 2.45) is 0 Å². The molecule has 0 saturated heterocycles. The summed E-state index contributed by atoms with van der Waals surface area (Å²) in [6, 6.07) is 11.3. The molecule has 0 bridgehead atoms. The molecule has 0 aliphatic rings. The van der Waals surface area contributed by atoms with Crippen molar-refractivity contribution in [3.8, 4) is 10.8 Å². The summed E-state index contributed by atoms with van der Waals surface area (Å²) < 4.78 is 14.2. The van der Waals surface area contributed by atoms with Crippen LogP contribution < -0.4 is 5.69 Å². The Kier molecular flexibility index (Phi) is 5.35. The first kappa shape index (κ1) is 19.2. The van der Waals surface area contributed by atoms with Crippen molar-refractivity contribution in [2.75, 3.05) is 0 Å². The minimum absolute atomic E-state index is 0.00188. The Balaban J connectivity index is 1.50. The number of carbonyl (C=O) groups excluding carboxylic acids is 1. The molecule has 150 valence electrons. The van der Waals surface area contributed by atoms with Gasteiger partial charge in [-0.3, -0.25) is 13.9 Å². The summed E-state index contributed by atoms with van der Waals surface area (Å²) in [7, 11) is 0. The van der Waals surface area contributed by atoms with Gasteiger partial charge in [-0.25, -0.2) is 9.78 Å². The van der Waals surface area contributed by atoms with Crippen molar-refractivity contribution in [1.29, 1.82) is 0 Å². The van der Waals surface area contributed by atoms with Crippen LogP contribution in [-0.2, 0) is 29.2 Å². The lowest BCUT2D eigenvalue weighted by Crippen LogP contribution is -2.27. The summed E-state index contributed by atoms with van der Waals surface area (Å²) in [5, 5.41) is 1.95. The van der Waals surface area contributed by atoms with Gasteiger partial charge in [0.15, 0.2) is 0 Å². The zero-order chi connectivity index (χ0) is 20.4. The fraction of sp³-hybridized carbons (Fsp3) is 0.286. The Bertz CT molecular complexity index is 1200. The fourth-order valence-electron chi connectivity index (χ4n) is 3.26. The number of ether oxygens (including phenoxy) is 1.